The lowest BCUT2D eigenvalue weighted by atomic mass is 9.96. The summed E-state index contributed by atoms with van der Waals surface area (Å²) >= 11 is 0. The number of nitrogens with zero attached hydrogens (tertiary/aromatic N) is 1. The molecule has 2 nitrogen and oxygen atoms in total. The van der Waals surface area contributed by atoms with Gasteiger partial charge in [-0.05, 0) is 51.7 Å². The van der Waals surface area contributed by atoms with Gasteiger partial charge >= 0.3 is 0 Å². The minimum absolute atomic E-state index is 0. The van der Waals surface area contributed by atoms with Gasteiger partial charge in [0, 0.05) is 12.6 Å². The van der Waals surface area contributed by atoms with Crippen molar-refractivity contribution < 1.29 is 0 Å². The predicted octanol–water partition coefficient (Wildman–Crippen LogP) is 3.06. The molecule has 1 saturated carbocycles. The molecule has 0 amide bonds. The van der Waals surface area contributed by atoms with Gasteiger partial charge in [0.15, 0.2) is 0 Å². The molecule has 0 aromatic rings. The second-order valence-electron chi connectivity index (χ2n) is 5.78. The largest absolute Gasteiger partial charge is 0.317 e. The van der Waals surface area contributed by atoms with Gasteiger partial charge < -0.3 is 10.2 Å². The predicted molar refractivity (Wildman–Crippen MR) is 77.0 cm³/mol. The molecule has 0 unspecified atom stereocenters. The van der Waals surface area contributed by atoms with E-state index in [2.05, 4.69) is 17.3 Å². The fourth-order valence-corrected chi connectivity index (χ4v) is 3.32. The number of rotatable bonds is 3. The van der Waals surface area contributed by atoms with Gasteiger partial charge in [-0.2, -0.15) is 0 Å². The molecule has 1 aliphatic heterocycles. The van der Waals surface area contributed by atoms with Gasteiger partial charge in [-0.3, -0.25) is 0 Å². The van der Waals surface area contributed by atoms with Gasteiger partial charge in [-0.15, -0.1) is 12.4 Å². The van der Waals surface area contributed by atoms with Crippen LogP contribution < -0.4 is 5.32 Å². The van der Waals surface area contributed by atoms with E-state index in [1.165, 1.54) is 71.0 Å². The highest BCUT2D eigenvalue weighted by Crippen LogP contribution is 2.23. The summed E-state index contributed by atoms with van der Waals surface area (Å²) < 4.78 is 0. The maximum absolute atomic E-state index is 3.46. The standard InChI is InChI=1S/C14H28N2.ClH/c1-16(12-13-8-10-15-11-9-13)14-6-4-2-3-5-7-14;/h13-15H,2-12H2,1H3;1H. The van der Waals surface area contributed by atoms with Crippen molar-refractivity contribution in [1.29, 1.82) is 0 Å². The fourth-order valence-electron chi connectivity index (χ4n) is 3.32. The van der Waals surface area contributed by atoms with Crippen LogP contribution in [-0.4, -0.2) is 37.6 Å². The number of hydrogen-bond donors (Lipinski definition) is 1. The molecule has 2 rings (SSSR count). The van der Waals surface area contributed by atoms with Crippen molar-refractivity contribution in [2.75, 3.05) is 26.7 Å². The zero-order valence-corrected chi connectivity index (χ0v) is 12.1. The lowest BCUT2D eigenvalue weighted by molar-refractivity contribution is 0.172. The molecule has 1 heterocycles. The van der Waals surface area contributed by atoms with Crippen molar-refractivity contribution in [3.63, 3.8) is 0 Å². The van der Waals surface area contributed by atoms with Crippen LogP contribution in [0.3, 0.4) is 0 Å². The Balaban J connectivity index is 0.00000144. The van der Waals surface area contributed by atoms with Crippen LogP contribution >= 0.6 is 12.4 Å². The Morgan fingerprint density at radius 3 is 2.12 bits per heavy atom. The highest BCUT2D eigenvalue weighted by molar-refractivity contribution is 5.85. The maximum Gasteiger partial charge on any atom is 0.00923 e. The number of hydrogen-bond acceptors (Lipinski definition) is 2. The normalized spacial score (nSPS) is 24.4. The van der Waals surface area contributed by atoms with Crippen LogP contribution in [0.5, 0.6) is 0 Å². The van der Waals surface area contributed by atoms with Crippen molar-refractivity contribution in [3.05, 3.63) is 0 Å². The molecule has 2 fully saturated rings. The number of halogens is 1. The SMILES string of the molecule is CN(CC1CCNCC1)C1CCCCCC1.Cl. The van der Waals surface area contributed by atoms with Gasteiger partial charge in [0.1, 0.15) is 0 Å². The van der Waals surface area contributed by atoms with Crippen LogP contribution in [0.4, 0.5) is 0 Å². The molecule has 0 spiro atoms. The summed E-state index contributed by atoms with van der Waals surface area (Å²) in [7, 11) is 2.36. The first-order valence-corrected chi connectivity index (χ1v) is 7.27. The highest BCUT2D eigenvalue weighted by Gasteiger charge is 2.21. The van der Waals surface area contributed by atoms with Crippen LogP contribution in [0.15, 0.2) is 0 Å². The summed E-state index contributed by atoms with van der Waals surface area (Å²) in [5.41, 5.74) is 0. The molecule has 0 bridgehead atoms. The van der Waals surface area contributed by atoms with E-state index in [0.717, 1.165) is 12.0 Å². The molecular weight excluding hydrogens is 232 g/mol. The first-order chi connectivity index (χ1) is 7.86. The zero-order valence-electron chi connectivity index (χ0n) is 11.3. The number of nitrogens with one attached hydrogen (secondary N) is 1. The average molecular weight is 261 g/mol. The van der Waals surface area contributed by atoms with E-state index in [9.17, 15) is 0 Å². The summed E-state index contributed by atoms with van der Waals surface area (Å²) in [5.74, 6) is 0.953. The van der Waals surface area contributed by atoms with E-state index in [0.29, 0.717) is 0 Å². The Morgan fingerprint density at radius 1 is 0.941 bits per heavy atom. The van der Waals surface area contributed by atoms with E-state index < -0.39 is 0 Å². The lowest BCUT2D eigenvalue weighted by Crippen LogP contribution is -2.39. The van der Waals surface area contributed by atoms with Gasteiger partial charge in [-0.1, -0.05) is 25.7 Å². The molecule has 102 valence electrons. The van der Waals surface area contributed by atoms with Crippen LogP contribution in [0.1, 0.15) is 51.4 Å². The summed E-state index contributed by atoms with van der Waals surface area (Å²) in [6.45, 7) is 3.82. The number of piperidine rings is 1. The Labute approximate surface area is 113 Å². The van der Waals surface area contributed by atoms with Gasteiger partial charge in [0.25, 0.3) is 0 Å². The van der Waals surface area contributed by atoms with Crippen LogP contribution in [-0.2, 0) is 0 Å². The third-order valence-electron chi connectivity index (χ3n) is 4.45. The molecular formula is C14H29ClN2. The van der Waals surface area contributed by atoms with E-state index in [-0.39, 0.29) is 12.4 Å². The van der Waals surface area contributed by atoms with Crippen molar-refractivity contribution in [2.24, 2.45) is 5.92 Å². The monoisotopic (exact) mass is 260 g/mol. The first kappa shape index (κ1) is 15.3. The third-order valence-corrected chi connectivity index (χ3v) is 4.45. The fraction of sp³-hybridized carbons (Fsp3) is 1.00. The third kappa shape index (κ3) is 5.15. The zero-order chi connectivity index (χ0) is 11.2. The first-order valence-electron chi connectivity index (χ1n) is 7.27. The maximum atomic E-state index is 3.46. The summed E-state index contributed by atoms with van der Waals surface area (Å²) in [6, 6.07) is 0.886. The Hall–Kier alpha value is 0.210. The molecule has 0 aromatic carbocycles. The quantitative estimate of drug-likeness (QED) is 0.785. The molecule has 0 atom stereocenters. The molecule has 1 N–H and O–H groups in total. The molecule has 1 saturated heterocycles. The second-order valence-corrected chi connectivity index (χ2v) is 5.78. The van der Waals surface area contributed by atoms with Crippen LogP contribution in [0, 0.1) is 5.92 Å². The average Bonchev–Trinajstić information content (AvgIpc) is 2.59. The van der Waals surface area contributed by atoms with Gasteiger partial charge in [-0.25, -0.2) is 0 Å². The smallest absolute Gasteiger partial charge is 0.00923 e. The molecule has 2 aliphatic rings. The molecule has 0 radical (unpaired) electrons. The van der Waals surface area contributed by atoms with Crippen molar-refractivity contribution in [2.45, 2.75) is 57.4 Å². The summed E-state index contributed by atoms with van der Waals surface area (Å²) in [4.78, 5) is 2.67. The van der Waals surface area contributed by atoms with E-state index >= 15 is 0 Å². The summed E-state index contributed by atoms with van der Waals surface area (Å²) in [6.07, 6.45) is 11.5. The van der Waals surface area contributed by atoms with E-state index in [1.807, 2.05) is 0 Å². The molecule has 17 heavy (non-hydrogen) atoms. The van der Waals surface area contributed by atoms with E-state index in [4.69, 9.17) is 0 Å². The van der Waals surface area contributed by atoms with Gasteiger partial charge in [0.2, 0.25) is 0 Å². The molecule has 0 aromatic heterocycles. The van der Waals surface area contributed by atoms with E-state index in [1.54, 1.807) is 0 Å². The minimum atomic E-state index is 0. The van der Waals surface area contributed by atoms with Crippen molar-refractivity contribution in [3.8, 4) is 0 Å². The highest BCUT2D eigenvalue weighted by atomic mass is 35.5. The molecule has 3 heteroatoms. The van der Waals surface area contributed by atoms with Crippen LogP contribution in [0.25, 0.3) is 0 Å². The summed E-state index contributed by atoms with van der Waals surface area (Å²) in [5, 5.41) is 3.46. The van der Waals surface area contributed by atoms with Crippen molar-refractivity contribution >= 4 is 12.4 Å². The topological polar surface area (TPSA) is 15.3 Å². The molecule has 1 aliphatic carbocycles. The Morgan fingerprint density at radius 2 is 1.53 bits per heavy atom. The lowest BCUT2D eigenvalue weighted by Gasteiger charge is -2.32. The second kappa shape index (κ2) is 8.34. The Kier molecular flexibility index (Phi) is 7.49. The van der Waals surface area contributed by atoms with Crippen molar-refractivity contribution in [1.82, 2.24) is 10.2 Å². The van der Waals surface area contributed by atoms with Crippen LogP contribution in [0.2, 0.25) is 0 Å². The van der Waals surface area contributed by atoms with Gasteiger partial charge in [0.05, 0.1) is 0 Å². The Bertz CT molecular complexity index is 185. The minimum Gasteiger partial charge on any atom is -0.317 e.